The SMILES string of the molecule is Cc1cc(Cl)c(C(=O)N(C)Cc2ccc(Cl)cc2Cl)cn1. The summed E-state index contributed by atoms with van der Waals surface area (Å²) >= 11 is 18.1. The first kappa shape index (κ1) is 16.1. The number of aromatic nitrogens is 1. The number of nitrogens with zero attached hydrogens (tertiary/aromatic N) is 2. The lowest BCUT2D eigenvalue weighted by atomic mass is 10.2. The Bertz CT molecular complexity index is 689. The Morgan fingerprint density at radius 3 is 2.52 bits per heavy atom. The van der Waals surface area contributed by atoms with Crippen LogP contribution in [-0.4, -0.2) is 22.8 Å². The summed E-state index contributed by atoms with van der Waals surface area (Å²) in [6.45, 7) is 2.18. The van der Waals surface area contributed by atoms with E-state index in [1.165, 1.54) is 11.1 Å². The monoisotopic (exact) mass is 342 g/mol. The topological polar surface area (TPSA) is 33.2 Å². The van der Waals surface area contributed by atoms with Crippen LogP contribution in [0.1, 0.15) is 21.6 Å². The number of halogens is 3. The average Bonchev–Trinajstić information content (AvgIpc) is 2.41. The first-order chi connectivity index (χ1) is 9.88. The minimum absolute atomic E-state index is 0.210. The number of hydrogen-bond acceptors (Lipinski definition) is 2. The molecular formula is C15H13Cl3N2O. The molecule has 1 aromatic heterocycles. The molecule has 0 atom stereocenters. The normalized spacial score (nSPS) is 10.5. The van der Waals surface area contributed by atoms with Crippen molar-refractivity contribution < 1.29 is 4.79 Å². The second kappa shape index (κ2) is 6.65. The van der Waals surface area contributed by atoms with Crippen LogP contribution in [0.5, 0.6) is 0 Å². The van der Waals surface area contributed by atoms with Crippen LogP contribution in [0.3, 0.4) is 0 Å². The van der Waals surface area contributed by atoms with Crippen molar-refractivity contribution in [3.8, 4) is 0 Å². The van der Waals surface area contributed by atoms with Crippen LogP contribution in [0, 0.1) is 6.92 Å². The summed E-state index contributed by atoms with van der Waals surface area (Å²) in [4.78, 5) is 18.0. The molecule has 6 heteroatoms. The van der Waals surface area contributed by atoms with Crippen molar-refractivity contribution in [2.75, 3.05) is 7.05 Å². The summed E-state index contributed by atoms with van der Waals surface area (Å²) in [5.41, 5.74) is 1.95. The Morgan fingerprint density at radius 1 is 1.19 bits per heavy atom. The smallest absolute Gasteiger partial charge is 0.256 e. The summed E-state index contributed by atoms with van der Waals surface area (Å²) in [7, 11) is 1.68. The maximum atomic E-state index is 12.4. The van der Waals surface area contributed by atoms with E-state index in [0.717, 1.165) is 11.3 Å². The van der Waals surface area contributed by atoms with Gasteiger partial charge in [-0.05, 0) is 30.7 Å². The Morgan fingerprint density at radius 2 is 1.90 bits per heavy atom. The number of hydrogen-bond donors (Lipinski definition) is 0. The summed E-state index contributed by atoms with van der Waals surface area (Å²) in [5, 5.41) is 1.47. The van der Waals surface area contributed by atoms with Gasteiger partial charge in [0.2, 0.25) is 0 Å². The number of carbonyl (C=O) groups is 1. The minimum atomic E-state index is -0.210. The lowest BCUT2D eigenvalue weighted by Gasteiger charge is -2.18. The molecule has 0 aliphatic heterocycles. The molecule has 0 spiro atoms. The highest BCUT2D eigenvalue weighted by molar-refractivity contribution is 6.35. The molecule has 0 N–H and O–H groups in total. The number of aryl methyl sites for hydroxylation is 1. The molecule has 2 aromatic rings. The summed E-state index contributed by atoms with van der Waals surface area (Å²) in [6.07, 6.45) is 1.49. The third-order valence-corrected chi connectivity index (χ3v) is 3.89. The first-order valence-electron chi connectivity index (χ1n) is 6.20. The molecule has 0 fully saturated rings. The molecule has 0 bridgehead atoms. The van der Waals surface area contributed by atoms with E-state index in [2.05, 4.69) is 4.98 Å². The molecule has 3 nitrogen and oxygen atoms in total. The van der Waals surface area contributed by atoms with Gasteiger partial charge in [0.25, 0.3) is 5.91 Å². The van der Waals surface area contributed by atoms with Crippen molar-refractivity contribution in [1.29, 1.82) is 0 Å². The van der Waals surface area contributed by atoms with Gasteiger partial charge in [-0.25, -0.2) is 0 Å². The Labute approximate surface area is 138 Å². The number of carbonyl (C=O) groups excluding carboxylic acids is 1. The van der Waals surface area contributed by atoms with Gasteiger partial charge in [-0.1, -0.05) is 40.9 Å². The maximum absolute atomic E-state index is 12.4. The minimum Gasteiger partial charge on any atom is -0.337 e. The van der Waals surface area contributed by atoms with E-state index >= 15 is 0 Å². The van der Waals surface area contributed by atoms with Gasteiger partial charge in [0, 0.05) is 35.5 Å². The highest BCUT2D eigenvalue weighted by Gasteiger charge is 2.17. The van der Waals surface area contributed by atoms with Gasteiger partial charge in [-0.3, -0.25) is 9.78 Å². The quantitative estimate of drug-likeness (QED) is 0.814. The fraction of sp³-hybridized carbons (Fsp3) is 0.200. The van der Waals surface area contributed by atoms with Crippen LogP contribution in [-0.2, 0) is 6.54 Å². The molecular weight excluding hydrogens is 331 g/mol. The van der Waals surface area contributed by atoms with E-state index in [1.54, 1.807) is 31.3 Å². The fourth-order valence-corrected chi connectivity index (χ4v) is 2.62. The van der Waals surface area contributed by atoms with Gasteiger partial charge >= 0.3 is 0 Å². The number of amides is 1. The predicted molar refractivity (Wildman–Crippen MR) is 86.2 cm³/mol. The molecule has 0 radical (unpaired) electrons. The van der Waals surface area contributed by atoms with E-state index in [0.29, 0.717) is 27.2 Å². The highest BCUT2D eigenvalue weighted by atomic mass is 35.5. The molecule has 21 heavy (non-hydrogen) atoms. The van der Waals surface area contributed by atoms with Crippen LogP contribution < -0.4 is 0 Å². The lowest BCUT2D eigenvalue weighted by molar-refractivity contribution is 0.0785. The third-order valence-electron chi connectivity index (χ3n) is 2.99. The van der Waals surface area contributed by atoms with Gasteiger partial charge in [0.05, 0.1) is 10.6 Å². The second-order valence-corrected chi connectivity index (χ2v) is 5.95. The molecule has 1 heterocycles. The molecule has 0 aliphatic rings. The van der Waals surface area contributed by atoms with Crippen molar-refractivity contribution >= 4 is 40.7 Å². The molecule has 1 amide bonds. The van der Waals surface area contributed by atoms with Crippen LogP contribution in [0.25, 0.3) is 0 Å². The summed E-state index contributed by atoms with van der Waals surface area (Å²) in [5.74, 6) is -0.210. The lowest BCUT2D eigenvalue weighted by Crippen LogP contribution is -2.26. The van der Waals surface area contributed by atoms with Crippen LogP contribution in [0.15, 0.2) is 30.5 Å². The Balaban J connectivity index is 2.19. The van der Waals surface area contributed by atoms with Crippen molar-refractivity contribution in [1.82, 2.24) is 9.88 Å². The van der Waals surface area contributed by atoms with Crippen LogP contribution in [0.4, 0.5) is 0 Å². The Hall–Kier alpha value is -1.29. The van der Waals surface area contributed by atoms with Gasteiger partial charge in [0.15, 0.2) is 0 Å². The first-order valence-corrected chi connectivity index (χ1v) is 7.33. The molecule has 1 aromatic carbocycles. The Kier molecular flexibility index (Phi) is 5.09. The van der Waals surface area contributed by atoms with Crippen LogP contribution >= 0.6 is 34.8 Å². The van der Waals surface area contributed by atoms with Gasteiger partial charge < -0.3 is 4.90 Å². The van der Waals surface area contributed by atoms with Crippen molar-refractivity contribution in [3.63, 3.8) is 0 Å². The number of rotatable bonds is 3. The number of benzene rings is 1. The standard InChI is InChI=1S/C15H13Cl3N2O/c1-9-5-14(18)12(7-19-9)15(21)20(2)8-10-3-4-11(16)6-13(10)17/h3-7H,8H2,1-2H3. The van der Waals surface area contributed by atoms with Gasteiger partial charge in [0.1, 0.15) is 0 Å². The van der Waals surface area contributed by atoms with E-state index in [4.69, 9.17) is 34.8 Å². The van der Waals surface area contributed by atoms with E-state index in [-0.39, 0.29) is 5.91 Å². The van der Waals surface area contributed by atoms with Crippen molar-refractivity contribution in [2.45, 2.75) is 13.5 Å². The average molecular weight is 344 g/mol. The molecule has 0 unspecified atom stereocenters. The summed E-state index contributed by atoms with van der Waals surface area (Å²) < 4.78 is 0. The van der Waals surface area contributed by atoms with Crippen LogP contribution in [0.2, 0.25) is 15.1 Å². The largest absolute Gasteiger partial charge is 0.337 e. The maximum Gasteiger partial charge on any atom is 0.256 e. The zero-order chi connectivity index (χ0) is 15.6. The van der Waals surface area contributed by atoms with Crippen molar-refractivity contribution in [3.05, 3.63) is 62.4 Å². The molecule has 0 saturated heterocycles. The number of pyridine rings is 1. The van der Waals surface area contributed by atoms with Crippen molar-refractivity contribution in [2.24, 2.45) is 0 Å². The van der Waals surface area contributed by atoms with Gasteiger partial charge in [-0.2, -0.15) is 0 Å². The predicted octanol–water partition coefficient (Wildman–Crippen LogP) is 4.62. The van der Waals surface area contributed by atoms with E-state index in [9.17, 15) is 4.79 Å². The van der Waals surface area contributed by atoms with E-state index in [1.807, 2.05) is 6.92 Å². The highest BCUT2D eigenvalue weighted by Crippen LogP contribution is 2.23. The summed E-state index contributed by atoms with van der Waals surface area (Å²) in [6, 6.07) is 6.85. The second-order valence-electron chi connectivity index (χ2n) is 4.70. The van der Waals surface area contributed by atoms with Gasteiger partial charge in [-0.15, -0.1) is 0 Å². The zero-order valence-electron chi connectivity index (χ0n) is 11.5. The zero-order valence-corrected chi connectivity index (χ0v) is 13.8. The molecule has 0 aliphatic carbocycles. The molecule has 110 valence electrons. The molecule has 0 saturated carbocycles. The van der Waals surface area contributed by atoms with E-state index < -0.39 is 0 Å². The third kappa shape index (κ3) is 3.88. The molecule has 2 rings (SSSR count). The fourth-order valence-electron chi connectivity index (χ4n) is 1.87.